The normalized spacial score (nSPS) is 11.0. The van der Waals surface area contributed by atoms with Crippen LogP contribution in [-0.4, -0.2) is 10.8 Å². The van der Waals surface area contributed by atoms with Crippen LogP contribution in [0, 0.1) is 0 Å². The van der Waals surface area contributed by atoms with Crippen molar-refractivity contribution in [1.29, 1.82) is 0 Å². The fraction of sp³-hybridized carbons (Fsp3) is 0.167. The molecule has 0 saturated carbocycles. The van der Waals surface area contributed by atoms with Crippen molar-refractivity contribution in [3.63, 3.8) is 0 Å². The summed E-state index contributed by atoms with van der Waals surface area (Å²) in [5.41, 5.74) is 7.70. The molecule has 134 valence electrons. The Morgan fingerprint density at radius 3 is 2.67 bits per heavy atom. The van der Waals surface area contributed by atoms with Gasteiger partial charge in [0.1, 0.15) is 11.3 Å². The molecule has 0 aliphatic carbocycles. The zero-order chi connectivity index (χ0) is 18.6. The monoisotopic (exact) mass is 355 g/mol. The van der Waals surface area contributed by atoms with Crippen LogP contribution in [0.25, 0.3) is 22.2 Å². The maximum Gasteiger partial charge on any atom is 0.181 e. The van der Waals surface area contributed by atoms with Gasteiger partial charge in [-0.3, -0.25) is 0 Å². The average Bonchev–Trinajstić information content (AvgIpc) is 3.15. The van der Waals surface area contributed by atoms with E-state index < -0.39 is 0 Å². The SMILES string of the molecule is CC(=O)CCc1cccc(-c2ccc3ocnc3c2)c1Cc1ccccc1. The van der Waals surface area contributed by atoms with Gasteiger partial charge in [-0.15, -0.1) is 0 Å². The second-order valence-electron chi connectivity index (χ2n) is 6.84. The van der Waals surface area contributed by atoms with Crippen molar-refractivity contribution in [2.45, 2.75) is 26.2 Å². The Balaban J connectivity index is 1.81. The molecule has 0 atom stereocenters. The number of hydrogen-bond donors (Lipinski definition) is 0. The fourth-order valence-electron chi connectivity index (χ4n) is 3.48. The first-order valence-electron chi connectivity index (χ1n) is 9.18. The van der Waals surface area contributed by atoms with E-state index in [4.69, 9.17) is 4.42 Å². The van der Waals surface area contributed by atoms with Crippen LogP contribution in [0.15, 0.2) is 77.5 Å². The summed E-state index contributed by atoms with van der Waals surface area (Å²) in [5.74, 6) is 0.218. The van der Waals surface area contributed by atoms with Gasteiger partial charge in [-0.05, 0) is 59.7 Å². The fourth-order valence-corrected chi connectivity index (χ4v) is 3.48. The van der Waals surface area contributed by atoms with Crippen molar-refractivity contribution in [2.75, 3.05) is 0 Å². The number of rotatable bonds is 6. The number of benzene rings is 3. The lowest BCUT2D eigenvalue weighted by Gasteiger charge is -2.15. The molecule has 0 aliphatic rings. The van der Waals surface area contributed by atoms with Gasteiger partial charge < -0.3 is 9.21 Å². The van der Waals surface area contributed by atoms with E-state index in [0.29, 0.717) is 6.42 Å². The van der Waals surface area contributed by atoms with Crippen LogP contribution in [0.2, 0.25) is 0 Å². The molecule has 3 aromatic carbocycles. The highest BCUT2D eigenvalue weighted by atomic mass is 16.3. The second-order valence-corrected chi connectivity index (χ2v) is 6.84. The quantitative estimate of drug-likeness (QED) is 0.452. The van der Waals surface area contributed by atoms with Gasteiger partial charge in [0.2, 0.25) is 0 Å². The molecule has 3 nitrogen and oxygen atoms in total. The molecule has 0 saturated heterocycles. The van der Waals surface area contributed by atoms with Crippen LogP contribution in [0.4, 0.5) is 0 Å². The number of nitrogens with zero attached hydrogens (tertiary/aromatic N) is 1. The lowest BCUT2D eigenvalue weighted by molar-refractivity contribution is -0.116. The van der Waals surface area contributed by atoms with E-state index >= 15 is 0 Å². The van der Waals surface area contributed by atoms with E-state index in [1.807, 2.05) is 12.1 Å². The second kappa shape index (κ2) is 7.58. The molecule has 0 spiro atoms. The van der Waals surface area contributed by atoms with Gasteiger partial charge in [-0.1, -0.05) is 54.6 Å². The summed E-state index contributed by atoms with van der Waals surface area (Å²) in [6.45, 7) is 1.65. The summed E-state index contributed by atoms with van der Waals surface area (Å²) >= 11 is 0. The molecule has 4 rings (SSSR count). The summed E-state index contributed by atoms with van der Waals surface area (Å²) in [6, 6.07) is 22.9. The molecule has 0 fully saturated rings. The Bertz CT molecular complexity index is 1080. The first-order chi connectivity index (χ1) is 13.2. The van der Waals surface area contributed by atoms with Crippen LogP contribution in [0.3, 0.4) is 0 Å². The van der Waals surface area contributed by atoms with E-state index in [2.05, 4.69) is 59.6 Å². The lowest BCUT2D eigenvalue weighted by atomic mass is 9.89. The summed E-state index contributed by atoms with van der Waals surface area (Å²) in [7, 11) is 0. The first kappa shape index (κ1) is 17.2. The minimum Gasteiger partial charge on any atom is -0.443 e. The number of aromatic nitrogens is 1. The third-order valence-electron chi connectivity index (χ3n) is 4.88. The topological polar surface area (TPSA) is 43.1 Å². The summed E-state index contributed by atoms with van der Waals surface area (Å²) in [4.78, 5) is 15.8. The minimum atomic E-state index is 0.218. The molecular formula is C24H21NO2. The molecule has 0 unspecified atom stereocenters. The number of aryl methyl sites for hydroxylation is 1. The highest BCUT2D eigenvalue weighted by Gasteiger charge is 2.13. The number of carbonyl (C=O) groups is 1. The van der Waals surface area contributed by atoms with Gasteiger partial charge in [-0.25, -0.2) is 4.98 Å². The van der Waals surface area contributed by atoms with Gasteiger partial charge in [0.05, 0.1) is 0 Å². The van der Waals surface area contributed by atoms with E-state index in [-0.39, 0.29) is 5.78 Å². The Morgan fingerprint density at radius 1 is 1.00 bits per heavy atom. The molecule has 3 heteroatoms. The molecular weight excluding hydrogens is 334 g/mol. The third kappa shape index (κ3) is 3.82. The smallest absolute Gasteiger partial charge is 0.181 e. The highest BCUT2D eigenvalue weighted by Crippen LogP contribution is 2.31. The number of oxazole rings is 1. The number of fused-ring (bicyclic) bond motifs is 1. The largest absolute Gasteiger partial charge is 0.443 e. The molecule has 0 N–H and O–H groups in total. The van der Waals surface area contributed by atoms with Crippen LogP contribution >= 0.6 is 0 Å². The van der Waals surface area contributed by atoms with Crippen molar-refractivity contribution in [3.05, 3.63) is 89.8 Å². The number of Topliss-reactive ketones (excluding diaryl/α,β-unsaturated/α-hetero) is 1. The van der Waals surface area contributed by atoms with Crippen LogP contribution in [-0.2, 0) is 17.6 Å². The molecule has 1 aromatic heterocycles. The maximum absolute atomic E-state index is 11.5. The van der Waals surface area contributed by atoms with Crippen molar-refractivity contribution in [2.24, 2.45) is 0 Å². The maximum atomic E-state index is 11.5. The highest BCUT2D eigenvalue weighted by molar-refractivity contribution is 5.82. The number of carbonyl (C=O) groups excluding carboxylic acids is 1. The molecule has 0 bridgehead atoms. The molecule has 0 amide bonds. The van der Waals surface area contributed by atoms with Crippen molar-refractivity contribution in [3.8, 4) is 11.1 Å². The predicted molar refractivity (Wildman–Crippen MR) is 108 cm³/mol. The summed E-state index contributed by atoms with van der Waals surface area (Å²) < 4.78 is 5.37. The van der Waals surface area contributed by atoms with Gasteiger partial charge in [0.15, 0.2) is 12.0 Å². The molecule has 27 heavy (non-hydrogen) atoms. The molecule has 4 aromatic rings. The minimum absolute atomic E-state index is 0.218. The van der Waals surface area contributed by atoms with Crippen molar-refractivity contribution < 1.29 is 9.21 Å². The Hall–Kier alpha value is -3.20. The molecule has 0 radical (unpaired) electrons. The van der Waals surface area contributed by atoms with Crippen LogP contribution < -0.4 is 0 Å². The van der Waals surface area contributed by atoms with Gasteiger partial charge in [0.25, 0.3) is 0 Å². The number of ketones is 1. The Labute approximate surface area is 158 Å². The van der Waals surface area contributed by atoms with Crippen LogP contribution in [0.5, 0.6) is 0 Å². The Kier molecular flexibility index (Phi) is 4.84. The zero-order valence-corrected chi connectivity index (χ0v) is 15.3. The van der Waals surface area contributed by atoms with Gasteiger partial charge >= 0.3 is 0 Å². The average molecular weight is 355 g/mol. The van der Waals surface area contributed by atoms with E-state index in [1.54, 1.807) is 6.92 Å². The van der Waals surface area contributed by atoms with E-state index in [0.717, 1.165) is 29.5 Å². The summed E-state index contributed by atoms with van der Waals surface area (Å²) in [5, 5.41) is 0. The first-order valence-corrected chi connectivity index (χ1v) is 9.18. The summed E-state index contributed by atoms with van der Waals surface area (Å²) in [6.07, 6.45) is 3.63. The molecule has 0 aliphatic heterocycles. The van der Waals surface area contributed by atoms with Crippen molar-refractivity contribution in [1.82, 2.24) is 4.98 Å². The van der Waals surface area contributed by atoms with Gasteiger partial charge in [0, 0.05) is 6.42 Å². The Morgan fingerprint density at radius 2 is 1.85 bits per heavy atom. The lowest BCUT2D eigenvalue weighted by Crippen LogP contribution is -2.02. The van der Waals surface area contributed by atoms with E-state index in [1.165, 1.54) is 28.6 Å². The van der Waals surface area contributed by atoms with Crippen molar-refractivity contribution >= 4 is 16.9 Å². The number of hydrogen-bond acceptors (Lipinski definition) is 3. The molecule has 1 heterocycles. The third-order valence-corrected chi connectivity index (χ3v) is 4.88. The van der Waals surface area contributed by atoms with Gasteiger partial charge in [-0.2, -0.15) is 0 Å². The zero-order valence-electron chi connectivity index (χ0n) is 15.3. The van der Waals surface area contributed by atoms with Crippen LogP contribution in [0.1, 0.15) is 30.0 Å². The predicted octanol–water partition coefficient (Wildman–Crippen LogP) is 5.61. The van der Waals surface area contributed by atoms with E-state index in [9.17, 15) is 4.79 Å². The standard InChI is InChI=1S/C24H21NO2/c1-17(26)10-11-19-8-5-9-21(22(19)14-18-6-3-2-4-7-18)20-12-13-24-23(15-20)25-16-27-24/h2-9,12-13,15-16H,10-11,14H2,1H3.